The third-order valence-corrected chi connectivity index (χ3v) is 6.24. The van der Waals surface area contributed by atoms with Gasteiger partial charge in [0.25, 0.3) is 11.8 Å². The van der Waals surface area contributed by atoms with E-state index in [1.165, 1.54) is 0 Å². The van der Waals surface area contributed by atoms with Crippen molar-refractivity contribution < 1.29 is 9.59 Å². The lowest BCUT2D eigenvalue weighted by molar-refractivity contribution is 0.0729. The summed E-state index contributed by atoms with van der Waals surface area (Å²) in [7, 11) is 0. The highest BCUT2D eigenvalue weighted by Crippen LogP contribution is 2.33. The largest absolute Gasteiger partial charge is 0.347 e. The Bertz CT molecular complexity index is 1300. The molecule has 5 rings (SSSR count). The van der Waals surface area contributed by atoms with Gasteiger partial charge in [-0.1, -0.05) is 48.0 Å². The first-order chi connectivity index (χ1) is 16.1. The number of likely N-dealkylation sites (tertiary alicyclic amines) is 1. The lowest BCUT2D eigenvalue weighted by Gasteiger charge is -2.24. The molecule has 3 heterocycles. The van der Waals surface area contributed by atoms with Gasteiger partial charge in [-0.05, 0) is 54.8 Å². The number of halogens is 1. The van der Waals surface area contributed by atoms with Crippen molar-refractivity contribution in [3.63, 3.8) is 0 Å². The summed E-state index contributed by atoms with van der Waals surface area (Å²) in [6.07, 6.45) is 3.60. The van der Waals surface area contributed by atoms with Crippen LogP contribution in [-0.2, 0) is 6.54 Å². The monoisotopic (exact) mass is 458 g/mol. The molecule has 2 aromatic heterocycles. The number of fused-ring (bicyclic) bond motifs is 1. The summed E-state index contributed by atoms with van der Waals surface area (Å²) >= 11 is 5.95. The summed E-state index contributed by atoms with van der Waals surface area (Å²) in [6.45, 7) is 1.04. The van der Waals surface area contributed by atoms with Crippen LogP contribution in [0.1, 0.15) is 51.1 Å². The second kappa shape index (κ2) is 9.08. The van der Waals surface area contributed by atoms with Gasteiger partial charge in [0.15, 0.2) is 5.69 Å². The van der Waals surface area contributed by atoms with E-state index >= 15 is 0 Å². The molecule has 1 fully saturated rings. The van der Waals surface area contributed by atoms with Gasteiger partial charge in [0, 0.05) is 29.9 Å². The van der Waals surface area contributed by atoms with E-state index in [-0.39, 0.29) is 17.9 Å². The molecule has 1 atom stereocenters. The molecule has 7 heteroatoms. The summed E-state index contributed by atoms with van der Waals surface area (Å²) < 4.78 is 1.93. The maximum atomic E-state index is 13.2. The number of amides is 2. The number of nitrogens with one attached hydrogen (secondary N) is 1. The summed E-state index contributed by atoms with van der Waals surface area (Å²) in [5, 5.41) is 3.61. The molecule has 0 aliphatic carbocycles. The number of rotatable bonds is 5. The Hall–Kier alpha value is -3.64. The van der Waals surface area contributed by atoms with E-state index in [1.807, 2.05) is 76.2 Å². The zero-order chi connectivity index (χ0) is 22.8. The number of carbonyl (C=O) groups is 2. The minimum Gasteiger partial charge on any atom is -0.347 e. The van der Waals surface area contributed by atoms with Crippen LogP contribution in [-0.4, -0.2) is 32.6 Å². The van der Waals surface area contributed by atoms with Gasteiger partial charge in [-0.2, -0.15) is 0 Å². The van der Waals surface area contributed by atoms with Crippen LogP contribution in [0.25, 0.3) is 5.52 Å². The number of carbonyl (C=O) groups excluding carboxylic acids is 2. The summed E-state index contributed by atoms with van der Waals surface area (Å²) in [6, 6.07) is 22.1. The number of hydrogen-bond donors (Lipinski definition) is 1. The average Bonchev–Trinajstić information content (AvgIpc) is 3.48. The van der Waals surface area contributed by atoms with E-state index in [1.54, 1.807) is 12.1 Å². The topological polar surface area (TPSA) is 66.7 Å². The van der Waals surface area contributed by atoms with Gasteiger partial charge in [-0.3, -0.25) is 9.59 Å². The Labute approximate surface area is 196 Å². The standard InChI is InChI=1S/C26H23ClN4O2/c27-20-13-11-18(12-14-20)17-28-25(32)23-21-9-4-5-15-30(21)24(29-23)22-10-6-16-31(22)26(33)19-7-2-1-3-8-19/h1-5,7-9,11-15,22H,6,10,16-17H2,(H,28,32)/t22-/m1/s1. The Balaban J connectivity index is 1.44. The number of hydrogen-bond acceptors (Lipinski definition) is 3. The lowest BCUT2D eigenvalue weighted by Crippen LogP contribution is -2.31. The molecule has 1 saturated heterocycles. The Kier molecular flexibility index (Phi) is 5.84. The molecular formula is C26H23ClN4O2. The van der Waals surface area contributed by atoms with Crippen LogP contribution in [0.5, 0.6) is 0 Å². The van der Waals surface area contributed by atoms with Gasteiger partial charge in [-0.25, -0.2) is 4.98 Å². The predicted octanol–water partition coefficient (Wildman–Crippen LogP) is 4.90. The van der Waals surface area contributed by atoms with Crippen LogP contribution in [0.15, 0.2) is 79.0 Å². The third-order valence-electron chi connectivity index (χ3n) is 5.99. The molecule has 2 aromatic carbocycles. The molecule has 4 aromatic rings. The minimum absolute atomic E-state index is 0.0143. The minimum atomic E-state index is -0.251. The molecule has 2 amide bonds. The highest BCUT2D eigenvalue weighted by Gasteiger charge is 2.34. The fraction of sp³-hybridized carbons (Fsp3) is 0.192. The molecule has 166 valence electrons. The van der Waals surface area contributed by atoms with Crippen molar-refractivity contribution in [1.82, 2.24) is 19.6 Å². The van der Waals surface area contributed by atoms with E-state index in [2.05, 4.69) is 5.32 Å². The highest BCUT2D eigenvalue weighted by molar-refractivity contribution is 6.30. The van der Waals surface area contributed by atoms with Gasteiger partial charge >= 0.3 is 0 Å². The van der Waals surface area contributed by atoms with E-state index in [9.17, 15) is 9.59 Å². The Morgan fingerprint density at radius 1 is 1.00 bits per heavy atom. The molecule has 0 radical (unpaired) electrons. The zero-order valence-electron chi connectivity index (χ0n) is 17.9. The second-order valence-electron chi connectivity index (χ2n) is 8.11. The van der Waals surface area contributed by atoms with Gasteiger partial charge < -0.3 is 14.6 Å². The van der Waals surface area contributed by atoms with Crippen LogP contribution in [0, 0.1) is 0 Å². The quantitative estimate of drug-likeness (QED) is 0.462. The van der Waals surface area contributed by atoms with Gasteiger partial charge in [0.2, 0.25) is 0 Å². The van der Waals surface area contributed by atoms with Crippen molar-refractivity contribution in [2.45, 2.75) is 25.4 Å². The van der Waals surface area contributed by atoms with E-state index in [4.69, 9.17) is 16.6 Å². The van der Waals surface area contributed by atoms with Crippen molar-refractivity contribution in [3.8, 4) is 0 Å². The Morgan fingerprint density at radius 2 is 1.76 bits per heavy atom. The van der Waals surface area contributed by atoms with E-state index < -0.39 is 0 Å². The van der Waals surface area contributed by atoms with Crippen molar-refractivity contribution in [2.75, 3.05) is 6.54 Å². The normalized spacial score (nSPS) is 15.7. The third kappa shape index (κ3) is 4.22. The number of nitrogens with zero attached hydrogens (tertiary/aromatic N) is 3. The molecule has 1 aliphatic heterocycles. The van der Waals surface area contributed by atoms with Crippen molar-refractivity contribution in [3.05, 3.63) is 107 Å². The lowest BCUT2D eigenvalue weighted by atomic mass is 10.1. The average molecular weight is 459 g/mol. The van der Waals surface area contributed by atoms with E-state index in [0.29, 0.717) is 35.2 Å². The molecule has 0 saturated carbocycles. The molecule has 1 N–H and O–H groups in total. The van der Waals surface area contributed by atoms with Gasteiger partial charge in [0.1, 0.15) is 5.82 Å². The molecule has 0 spiro atoms. The fourth-order valence-electron chi connectivity index (χ4n) is 4.36. The number of pyridine rings is 1. The molecule has 1 aliphatic rings. The van der Waals surface area contributed by atoms with E-state index in [0.717, 1.165) is 23.9 Å². The van der Waals surface area contributed by atoms with Crippen LogP contribution in [0.2, 0.25) is 5.02 Å². The second-order valence-corrected chi connectivity index (χ2v) is 8.54. The van der Waals surface area contributed by atoms with Gasteiger partial charge in [-0.15, -0.1) is 0 Å². The first kappa shape index (κ1) is 21.2. The number of imidazole rings is 1. The number of benzene rings is 2. The smallest absolute Gasteiger partial charge is 0.272 e. The molecular weight excluding hydrogens is 436 g/mol. The highest BCUT2D eigenvalue weighted by atomic mass is 35.5. The molecule has 0 unspecified atom stereocenters. The van der Waals surface area contributed by atoms with Crippen LogP contribution in [0.4, 0.5) is 0 Å². The molecule has 0 bridgehead atoms. The SMILES string of the molecule is O=C(NCc1ccc(Cl)cc1)c1nc([C@H]2CCCN2C(=O)c2ccccc2)n2ccccc12. The molecule has 33 heavy (non-hydrogen) atoms. The van der Waals surface area contributed by atoms with Crippen molar-refractivity contribution >= 4 is 28.9 Å². The number of aromatic nitrogens is 2. The predicted molar refractivity (Wildman–Crippen MR) is 127 cm³/mol. The summed E-state index contributed by atoms with van der Waals surface area (Å²) in [5.74, 6) is 0.447. The Morgan fingerprint density at radius 3 is 2.55 bits per heavy atom. The van der Waals surface area contributed by atoms with Gasteiger partial charge in [0.05, 0.1) is 11.6 Å². The van der Waals surface area contributed by atoms with Crippen molar-refractivity contribution in [2.24, 2.45) is 0 Å². The van der Waals surface area contributed by atoms with Crippen LogP contribution in [0.3, 0.4) is 0 Å². The van der Waals surface area contributed by atoms with Crippen molar-refractivity contribution in [1.29, 1.82) is 0 Å². The summed E-state index contributed by atoms with van der Waals surface area (Å²) in [5.41, 5.74) is 2.69. The molecule has 6 nitrogen and oxygen atoms in total. The first-order valence-electron chi connectivity index (χ1n) is 11.0. The maximum absolute atomic E-state index is 13.2. The summed E-state index contributed by atoms with van der Waals surface area (Å²) in [4.78, 5) is 32.9. The first-order valence-corrected chi connectivity index (χ1v) is 11.4. The van der Waals surface area contributed by atoms with Crippen LogP contribution < -0.4 is 5.32 Å². The maximum Gasteiger partial charge on any atom is 0.272 e. The zero-order valence-corrected chi connectivity index (χ0v) is 18.7. The fourth-order valence-corrected chi connectivity index (χ4v) is 4.48. The van der Waals surface area contributed by atoms with Crippen LogP contribution >= 0.6 is 11.6 Å².